The van der Waals surface area contributed by atoms with E-state index in [9.17, 15) is 13.6 Å². The molecule has 0 amide bonds. The zero-order chi connectivity index (χ0) is 7.07. The third-order valence-corrected chi connectivity index (χ3v) is 1.39. The molecule has 0 aliphatic heterocycles. The van der Waals surface area contributed by atoms with E-state index in [4.69, 9.17) is 0 Å². The minimum Gasteiger partial charge on any atom is -0.288 e. The van der Waals surface area contributed by atoms with E-state index in [0.717, 1.165) is 0 Å². The molecule has 9 heavy (non-hydrogen) atoms. The molecule has 0 N–H and O–H groups in total. The minimum atomic E-state index is -3.11. The van der Waals surface area contributed by atoms with Crippen LogP contribution >= 0.6 is 0 Å². The van der Waals surface area contributed by atoms with Crippen molar-refractivity contribution in [2.45, 2.75) is 18.8 Å². The number of carbonyl (C=O) groups excluding carboxylic acids is 1. The topological polar surface area (TPSA) is 17.1 Å². The number of carbonyl (C=O) groups is 1. The lowest BCUT2D eigenvalue weighted by molar-refractivity contribution is -0.135. The second-order valence-electron chi connectivity index (χ2n) is 2.14. The summed E-state index contributed by atoms with van der Waals surface area (Å²) < 4.78 is 24.4. The van der Waals surface area contributed by atoms with Crippen molar-refractivity contribution in [1.82, 2.24) is 0 Å². The van der Waals surface area contributed by atoms with Crippen LogP contribution in [0.15, 0.2) is 12.2 Å². The van der Waals surface area contributed by atoms with Gasteiger partial charge in [0.15, 0.2) is 0 Å². The standard InChI is InChI=1S/C6H6F2O/c1-4-2-3-6(7,8)5(4)9/h1-3H2. The van der Waals surface area contributed by atoms with Gasteiger partial charge in [-0.15, -0.1) is 0 Å². The molecule has 1 rings (SSSR count). The fraction of sp³-hybridized carbons (Fsp3) is 0.500. The van der Waals surface area contributed by atoms with Crippen LogP contribution in [-0.4, -0.2) is 11.7 Å². The Balaban J connectivity index is 2.86. The maximum Gasteiger partial charge on any atom is 0.309 e. The van der Waals surface area contributed by atoms with Gasteiger partial charge in [0.25, 0.3) is 0 Å². The van der Waals surface area contributed by atoms with Gasteiger partial charge in [-0.1, -0.05) is 6.58 Å². The first kappa shape index (κ1) is 6.39. The monoisotopic (exact) mass is 132 g/mol. The molecule has 1 aliphatic carbocycles. The summed E-state index contributed by atoms with van der Waals surface area (Å²) in [5.41, 5.74) is 0.0556. The second-order valence-corrected chi connectivity index (χ2v) is 2.14. The van der Waals surface area contributed by atoms with E-state index in [1.54, 1.807) is 0 Å². The van der Waals surface area contributed by atoms with E-state index in [1.807, 2.05) is 0 Å². The van der Waals surface area contributed by atoms with Crippen LogP contribution < -0.4 is 0 Å². The first-order chi connectivity index (χ1) is 4.04. The molecule has 0 radical (unpaired) electrons. The molecule has 0 aromatic carbocycles. The van der Waals surface area contributed by atoms with Gasteiger partial charge < -0.3 is 0 Å². The highest BCUT2D eigenvalue weighted by atomic mass is 19.3. The summed E-state index contributed by atoms with van der Waals surface area (Å²) in [4.78, 5) is 10.4. The predicted octanol–water partition coefficient (Wildman–Crippen LogP) is 1.54. The molecule has 0 unspecified atom stereocenters. The van der Waals surface area contributed by atoms with E-state index in [1.165, 1.54) is 0 Å². The van der Waals surface area contributed by atoms with E-state index in [2.05, 4.69) is 6.58 Å². The van der Waals surface area contributed by atoms with Crippen molar-refractivity contribution in [2.24, 2.45) is 0 Å². The zero-order valence-electron chi connectivity index (χ0n) is 4.79. The predicted molar refractivity (Wildman–Crippen MR) is 28.3 cm³/mol. The molecular weight excluding hydrogens is 126 g/mol. The van der Waals surface area contributed by atoms with Crippen LogP contribution in [0.2, 0.25) is 0 Å². The molecule has 1 saturated carbocycles. The van der Waals surface area contributed by atoms with Crippen LogP contribution in [0.4, 0.5) is 8.78 Å². The molecule has 0 heterocycles. The Hall–Kier alpha value is -0.730. The Bertz CT molecular complexity index is 172. The first-order valence-corrected chi connectivity index (χ1v) is 2.64. The zero-order valence-corrected chi connectivity index (χ0v) is 4.79. The number of Topliss-reactive ketones (excluding diaryl/α,β-unsaturated/α-hetero) is 1. The van der Waals surface area contributed by atoms with Crippen LogP contribution in [0.1, 0.15) is 12.8 Å². The normalized spacial score (nSPS) is 25.1. The van der Waals surface area contributed by atoms with E-state index in [-0.39, 0.29) is 18.4 Å². The fourth-order valence-electron chi connectivity index (χ4n) is 0.794. The van der Waals surface area contributed by atoms with Gasteiger partial charge >= 0.3 is 5.92 Å². The van der Waals surface area contributed by atoms with Gasteiger partial charge in [0.2, 0.25) is 5.78 Å². The van der Waals surface area contributed by atoms with Crippen molar-refractivity contribution in [3.8, 4) is 0 Å². The van der Waals surface area contributed by atoms with Gasteiger partial charge in [0, 0.05) is 6.42 Å². The molecule has 1 fully saturated rings. The summed E-state index contributed by atoms with van der Waals surface area (Å²) >= 11 is 0. The first-order valence-electron chi connectivity index (χ1n) is 2.64. The van der Waals surface area contributed by atoms with Gasteiger partial charge in [0.05, 0.1) is 0 Å². The van der Waals surface area contributed by atoms with Crippen LogP contribution in [0.25, 0.3) is 0 Å². The number of allylic oxidation sites excluding steroid dienone is 1. The molecular formula is C6H6F2O. The van der Waals surface area contributed by atoms with E-state index < -0.39 is 11.7 Å². The van der Waals surface area contributed by atoms with Crippen molar-refractivity contribution < 1.29 is 13.6 Å². The average Bonchev–Trinajstić information content (AvgIpc) is 1.97. The highest BCUT2D eigenvalue weighted by Gasteiger charge is 2.44. The van der Waals surface area contributed by atoms with Crippen molar-refractivity contribution in [2.75, 3.05) is 0 Å². The Morgan fingerprint density at radius 1 is 1.56 bits per heavy atom. The van der Waals surface area contributed by atoms with Crippen molar-refractivity contribution in [3.05, 3.63) is 12.2 Å². The van der Waals surface area contributed by atoms with Crippen LogP contribution in [0, 0.1) is 0 Å². The molecule has 1 nitrogen and oxygen atoms in total. The summed E-state index contributed by atoms with van der Waals surface area (Å²) in [6, 6.07) is 0. The number of alkyl halides is 2. The van der Waals surface area contributed by atoms with Gasteiger partial charge in [0.1, 0.15) is 0 Å². The molecule has 0 aromatic heterocycles. The fourth-order valence-corrected chi connectivity index (χ4v) is 0.794. The SMILES string of the molecule is C=C1CCC(F)(F)C1=O. The van der Waals surface area contributed by atoms with Gasteiger partial charge in [-0.25, -0.2) is 0 Å². The molecule has 1 aliphatic rings. The molecule has 0 saturated heterocycles. The molecule has 0 aromatic rings. The summed E-state index contributed by atoms with van der Waals surface area (Å²) in [5, 5.41) is 0. The van der Waals surface area contributed by atoms with Crippen molar-refractivity contribution >= 4 is 5.78 Å². The summed E-state index contributed by atoms with van der Waals surface area (Å²) in [6.45, 7) is 3.20. The molecule has 0 bridgehead atoms. The summed E-state index contributed by atoms with van der Waals surface area (Å²) in [5.74, 6) is -4.20. The van der Waals surface area contributed by atoms with Crippen molar-refractivity contribution in [1.29, 1.82) is 0 Å². The van der Waals surface area contributed by atoms with E-state index in [0.29, 0.717) is 0 Å². The van der Waals surface area contributed by atoms with E-state index >= 15 is 0 Å². The largest absolute Gasteiger partial charge is 0.309 e. The van der Waals surface area contributed by atoms with Gasteiger partial charge in [-0.2, -0.15) is 8.78 Å². The highest BCUT2D eigenvalue weighted by molar-refractivity contribution is 6.02. The lowest BCUT2D eigenvalue weighted by Crippen LogP contribution is -2.21. The molecule has 3 heteroatoms. The maximum atomic E-state index is 12.2. The average molecular weight is 132 g/mol. The third-order valence-electron chi connectivity index (χ3n) is 1.39. The quantitative estimate of drug-likeness (QED) is 0.457. The molecule has 50 valence electrons. The van der Waals surface area contributed by atoms with Crippen LogP contribution in [0.3, 0.4) is 0 Å². The number of rotatable bonds is 0. The Morgan fingerprint density at radius 2 is 2.11 bits per heavy atom. The van der Waals surface area contributed by atoms with Crippen LogP contribution in [-0.2, 0) is 4.79 Å². The van der Waals surface area contributed by atoms with Gasteiger partial charge in [-0.05, 0) is 12.0 Å². The number of hydrogen-bond acceptors (Lipinski definition) is 1. The summed E-state index contributed by atoms with van der Waals surface area (Å²) in [7, 11) is 0. The summed E-state index contributed by atoms with van der Waals surface area (Å²) in [6.07, 6.45) is -0.212. The molecule has 0 spiro atoms. The van der Waals surface area contributed by atoms with Crippen LogP contribution in [0.5, 0.6) is 0 Å². The number of ketones is 1. The lowest BCUT2D eigenvalue weighted by atomic mass is 10.2. The number of halogens is 2. The second kappa shape index (κ2) is 1.62. The third kappa shape index (κ3) is 0.866. The smallest absolute Gasteiger partial charge is 0.288 e. The number of hydrogen-bond donors (Lipinski definition) is 0. The highest BCUT2D eigenvalue weighted by Crippen LogP contribution is 2.33. The minimum absolute atomic E-state index is 0.0556. The Kier molecular flexibility index (Phi) is 1.15. The van der Waals surface area contributed by atoms with Crippen molar-refractivity contribution in [3.63, 3.8) is 0 Å². The molecule has 0 atom stereocenters. The Labute approximate surface area is 51.4 Å². The van der Waals surface area contributed by atoms with Gasteiger partial charge in [-0.3, -0.25) is 4.79 Å². The maximum absolute atomic E-state index is 12.2. The lowest BCUT2D eigenvalue weighted by Gasteiger charge is -2.01. The Morgan fingerprint density at radius 3 is 2.22 bits per heavy atom.